The van der Waals surface area contributed by atoms with Gasteiger partial charge in [-0.25, -0.2) is 4.98 Å². The third-order valence-corrected chi connectivity index (χ3v) is 4.97. The molecule has 7 heteroatoms. The molecule has 1 N–H and O–H groups in total. The van der Waals surface area contributed by atoms with Gasteiger partial charge in [0.1, 0.15) is 6.04 Å². The lowest BCUT2D eigenvalue weighted by Crippen LogP contribution is -2.48. The summed E-state index contributed by atoms with van der Waals surface area (Å²) in [6.45, 7) is 2.40. The standard InChI is InChI=1S/C15H21N3O3S/c19-14(16-8-12-9-22-10-17-12)13-2-1-5-18(13)15(20)11-3-6-21-7-4-11/h9-11,13H,1-8H2,(H,16,19). The minimum Gasteiger partial charge on any atom is -0.381 e. The first-order valence-corrected chi connectivity index (χ1v) is 8.73. The number of likely N-dealkylation sites (tertiary alicyclic amines) is 1. The van der Waals surface area contributed by atoms with E-state index in [0.29, 0.717) is 26.3 Å². The first-order chi connectivity index (χ1) is 10.8. The molecule has 1 aromatic rings. The van der Waals surface area contributed by atoms with Crippen molar-refractivity contribution in [3.8, 4) is 0 Å². The molecule has 0 aliphatic carbocycles. The van der Waals surface area contributed by atoms with E-state index in [4.69, 9.17) is 4.74 Å². The molecule has 2 fully saturated rings. The zero-order chi connectivity index (χ0) is 15.4. The number of carbonyl (C=O) groups excluding carboxylic acids is 2. The maximum absolute atomic E-state index is 12.6. The Labute approximate surface area is 133 Å². The molecule has 0 radical (unpaired) electrons. The maximum atomic E-state index is 12.6. The predicted molar refractivity (Wildman–Crippen MR) is 82.2 cm³/mol. The lowest BCUT2D eigenvalue weighted by Gasteiger charge is -2.30. The van der Waals surface area contributed by atoms with Crippen LogP contribution in [-0.4, -0.2) is 47.5 Å². The van der Waals surface area contributed by atoms with Crippen LogP contribution in [0.2, 0.25) is 0 Å². The monoisotopic (exact) mass is 323 g/mol. The number of ether oxygens (including phenoxy) is 1. The van der Waals surface area contributed by atoms with Crippen LogP contribution in [0.3, 0.4) is 0 Å². The average molecular weight is 323 g/mol. The van der Waals surface area contributed by atoms with Crippen LogP contribution in [0, 0.1) is 5.92 Å². The second-order valence-electron chi connectivity index (χ2n) is 5.77. The van der Waals surface area contributed by atoms with E-state index in [2.05, 4.69) is 10.3 Å². The van der Waals surface area contributed by atoms with Crippen molar-refractivity contribution in [1.29, 1.82) is 0 Å². The quantitative estimate of drug-likeness (QED) is 0.903. The molecule has 1 atom stereocenters. The van der Waals surface area contributed by atoms with Gasteiger partial charge in [-0.15, -0.1) is 11.3 Å². The summed E-state index contributed by atoms with van der Waals surface area (Å²) in [6, 6.07) is -0.325. The summed E-state index contributed by atoms with van der Waals surface area (Å²) in [5, 5.41) is 4.82. The molecule has 120 valence electrons. The van der Waals surface area contributed by atoms with Gasteiger partial charge in [0, 0.05) is 31.1 Å². The van der Waals surface area contributed by atoms with Gasteiger partial charge >= 0.3 is 0 Å². The van der Waals surface area contributed by atoms with Crippen molar-refractivity contribution >= 4 is 23.2 Å². The highest BCUT2D eigenvalue weighted by molar-refractivity contribution is 7.07. The fourth-order valence-corrected chi connectivity index (χ4v) is 3.66. The Kier molecular flexibility index (Phi) is 5.04. The van der Waals surface area contributed by atoms with Crippen molar-refractivity contribution in [2.24, 2.45) is 5.92 Å². The summed E-state index contributed by atoms with van der Waals surface area (Å²) in [4.78, 5) is 30.9. The number of nitrogens with one attached hydrogen (secondary N) is 1. The fourth-order valence-electron chi connectivity index (χ4n) is 3.10. The molecule has 22 heavy (non-hydrogen) atoms. The van der Waals surface area contributed by atoms with E-state index >= 15 is 0 Å². The van der Waals surface area contributed by atoms with Crippen molar-refractivity contribution in [2.75, 3.05) is 19.8 Å². The Balaban J connectivity index is 1.57. The zero-order valence-electron chi connectivity index (χ0n) is 12.5. The Hall–Kier alpha value is -1.47. The summed E-state index contributed by atoms with van der Waals surface area (Å²) in [6.07, 6.45) is 3.17. The lowest BCUT2D eigenvalue weighted by molar-refractivity contribution is -0.143. The molecule has 2 saturated heterocycles. The number of rotatable bonds is 4. The summed E-state index contributed by atoms with van der Waals surface area (Å²) < 4.78 is 5.31. The summed E-state index contributed by atoms with van der Waals surface area (Å²) in [5.74, 6) is 0.0706. The van der Waals surface area contributed by atoms with Crippen LogP contribution in [0.1, 0.15) is 31.4 Å². The van der Waals surface area contributed by atoms with E-state index in [-0.39, 0.29) is 23.8 Å². The highest BCUT2D eigenvalue weighted by Gasteiger charge is 2.37. The van der Waals surface area contributed by atoms with Gasteiger partial charge in [0.15, 0.2) is 0 Å². The Bertz CT molecular complexity index is 514. The van der Waals surface area contributed by atoms with Crippen molar-refractivity contribution in [1.82, 2.24) is 15.2 Å². The second kappa shape index (κ2) is 7.19. The van der Waals surface area contributed by atoms with Gasteiger partial charge in [-0.2, -0.15) is 0 Å². The highest BCUT2D eigenvalue weighted by atomic mass is 32.1. The van der Waals surface area contributed by atoms with Crippen LogP contribution in [-0.2, 0) is 20.9 Å². The van der Waals surface area contributed by atoms with E-state index in [1.54, 1.807) is 10.4 Å². The molecule has 1 unspecified atom stereocenters. The number of nitrogens with zero attached hydrogens (tertiary/aromatic N) is 2. The largest absolute Gasteiger partial charge is 0.381 e. The van der Waals surface area contributed by atoms with Crippen LogP contribution >= 0.6 is 11.3 Å². The van der Waals surface area contributed by atoms with Crippen LogP contribution in [0.4, 0.5) is 0 Å². The summed E-state index contributed by atoms with van der Waals surface area (Å²) in [5.41, 5.74) is 2.61. The van der Waals surface area contributed by atoms with E-state index in [0.717, 1.165) is 31.4 Å². The second-order valence-corrected chi connectivity index (χ2v) is 6.49. The maximum Gasteiger partial charge on any atom is 0.243 e. The number of aromatic nitrogens is 1. The van der Waals surface area contributed by atoms with Crippen molar-refractivity contribution in [3.63, 3.8) is 0 Å². The van der Waals surface area contributed by atoms with Crippen molar-refractivity contribution in [3.05, 3.63) is 16.6 Å². The summed E-state index contributed by atoms with van der Waals surface area (Å²) >= 11 is 1.51. The van der Waals surface area contributed by atoms with Crippen LogP contribution in [0.15, 0.2) is 10.9 Å². The minimum absolute atomic E-state index is 0.0145. The summed E-state index contributed by atoms with van der Waals surface area (Å²) in [7, 11) is 0. The predicted octanol–water partition coefficient (Wildman–Crippen LogP) is 1.18. The SMILES string of the molecule is O=C(NCc1cscn1)C1CCCN1C(=O)C1CCOCC1. The zero-order valence-corrected chi connectivity index (χ0v) is 13.3. The fraction of sp³-hybridized carbons (Fsp3) is 0.667. The normalized spacial score (nSPS) is 22.7. The molecule has 2 aliphatic heterocycles. The van der Waals surface area contributed by atoms with Crippen LogP contribution in [0.25, 0.3) is 0 Å². The van der Waals surface area contributed by atoms with E-state index in [1.165, 1.54) is 11.3 Å². The molecule has 3 heterocycles. The molecular weight excluding hydrogens is 302 g/mol. The highest BCUT2D eigenvalue weighted by Crippen LogP contribution is 2.24. The van der Waals surface area contributed by atoms with Gasteiger partial charge in [0.2, 0.25) is 11.8 Å². The first kappa shape index (κ1) is 15.4. The molecule has 1 aromatic heterocycles. The minimum atomic E-state index is -0.325. The molecule has 2 aliphatic rings. The Morgan fingerprint density at radius 2 is 2.18 bits per heavy atom. The molecule has 0 saturated carbocycles. The van der Waals surface area contributed by atoms with Crippen LogP contribution < -0.4 is 5.32 Å². The number of hydrogen-bond acceptors (Lipinski definition) is 5. The first-order valence-electron chi connectivity index (χ1n) is 7.78. The molecule has 6 nitrogen and oxygen atoms in total. The molecular formula is C15H21N3O3S. The molecule has 2 amide bonds. The Morgan fingerprint density at radius 3 is 2.91 bits per heavy atom. The molecule has 0 bridgehead atoms. The lowest BCUT2D eigenvalue weighted by atomic mass is 9.98. The number of carbonyl (C=O) groups is 2. The van der Waals surface area contributed by atoms with E-state index in [9.17, 15) is 9.59 Å². The van der Waals surface area contributed by atoms with Crippen molar-refractivity contribution in [2.45, 2.75) is 38.3 Å². The average Bonchev–Trinajstić information content (AvgIpc) is 3.24. The topological polar surface area (TPSA) is 71.5 Å². The molecule has 0 aromatic carbocycles. The van der Waals surface area contributed by atoms with E-state index < -0.39 is 0 Å². The van der Waals surface area contributed by atoms with Gasteiger partial charge in [0.25, 0.3) is 0 Å². The number of hydrogen-bond donors (Lipinski definition) is 1. The van der Waals surface area contributed by atoms with Gasteiger partial charge in [0.05, 0.1) is 17.7 Å². The van der Waals surface area contributed by atoms with Gasteiger partial charge in [-0.3, -0.25) is 9.59 Å². The molecule has 3 rings (SSSR count). The van der Waals surface area contributed by atoms with Gasteiger partial charge in [-0.1, -0.05) is 0 Å². The third kappa shape index (κ3) is 3.47. The van der Waals surface area contributed by atoms with Gasteiger partial charge < -0.3 is 15.0 Å². The van der Waals surface area contributed by atoms with Gasteiger partial charge in [-0.05, 0) is 25.7 Å². The Morgan fingerprint density at radius 1 is 1.36 bits per heavy atom. The van der Waals surface area contributed by atoms with Crippen molar-refractivity contribution < 1.29 is 14.3 Å². The number of thiazole rings is 1. The smallest absolute Gasteiger partial charge is 0.243 e. The molecule has 0 spiro atoms. The third-order valence-electron chi connectivity index (χ3n) is 4.34. The van der Waals surface area contributed by atoms with Crippen LogP contribution in [0.5, 0.6) is 0 Å². The number of amides is 2. The van der Waals surface area contributed by atoms with E-state index in [1.807, 2.05) is 5.38 Å².